The lowest BCUT2D eigenvalue weighted by Gasteiger charge is -2.21. The molecule has 0 radical (unpaired) electrons. The first-order valence-electron chi connectivity index (χ1n) is 6.06. The molecule has 1 aliphatic heterocycles. The van der Waals surface area contributed by atoms with Gasteiger partial charge in [0.2, 0.25) is 0 Å². The number of rotatable bonds is 6. The summed E-state index contributed by atoms with van der Waals surface area (Å²) < 4.78 is 5.34. The smallest absolute Gasteiger partial charge is 0.0711 e. The molecule has 0 aromatic heterocycles. The van der Waals surface area contributed by atoms with Crippen LogP contribution in [0.2, 0.25) is 0 Å². The van der Waals surface area contributed by atoms with Crippen molar-refractivity contribution in [3.63, 3.8) is 0 Å². The molecule has 1 aliphatic rings. The Morgan fingerprint density at radius 3 is 2.73 bits per heavy atom. The minimum absolute atomic E-state index is 0.425. The lowest BCUT2D eigenvalue weighted by atomic mass is 10.1. The highest BCUT2D eigenvalue weighted by Gasteiger charge is 2.24. The summed E-state index contributed by atoms with van der Waals surface area (Å²) in [5.74, 6) is 0.802. The molecule has 1 N–H and O–H groups in total. The highest BCUT2D eigenvalue weighted by Crippen LogP contribution is 2.11. The third kappa shape index (κ3) is 4.96. The van der Waals surface area contributed by atoms with E-state index in [4.69, 9.17) is 4.74 Å². The summed E-state index contributed by atoms with van der Waals surface area (Å²) in [6, 6.07) is 0.618. The maximum absolute atomic E-state index is 5.34. The van der Waals surface area contributed by atoms with Gasteiger partial charge in [0.15, 0.2) is 0 Å². The van der Waals surface area contributed by atoms with Crippen molar-refractivity contribution < 1.29 is 4.74 Å². The second-order valence-corrected chi connectivity index (χ2v) is 5.14. The van der Waals surface area contributed by atoms with Crippen molar-refractivity contribution >= 4 is 0 Å². The zero-order chi connectivity index (χ0) is 11.3. The molecular formula is C12H26N2O. The Kier molecular flexibility index (Phi) is 5.58. The first-order chi connectivity index (χ1) is 7.11. The van der Waals surface area contributed by atoms with Gasteiger partial charge < -0.3 is 15.0 Å². The second-order valence-electron chi connectivity index (χ2n) is 5.14. The van der Waals surface area contributed by atoms with E-state index >= 15 is 0 Å². The molecule has 3 nitrogen and oxygen atoms in total. The summed E-state index contributed by atoms with van der Waals surface area (Å²) in [4.78, 5) is 2.43. The van der Waals surface area contributed by atoms with Gasteiger partial charge in [-0.25, -0.2) is 0 Å². The Labute approximate surface area is 94.2 Å². The van der Waals surface area contributed by atoms with Gasteiger partial charge in [-0.1, -0.05) is 13.8 Å². The number of nitrogens with one attached hydrogen (secondary N) is 1. The molecule has 0 amide bonds. The molecule has 1 heterocycles. The van der Waals surface area contributed by atoms with Gasteiger partial charge in [-0.05, 0) is 32.4 Å². The molecule has 15 heavy (non-hydrogen) atoms. The van der Waals surface area contributed by atoms with E-state index in [1.807, 2.05) is 0 Å². The molecule has 1 rings (SSSR count). The second kappa shape index (κ2) is 6.46. The van der Waals surface area contributed by atoms with Crippen LogP contribution in [-0.4, -0.2) is 50.8 Å². The van der Waals surface area contributed by atoms with Crippen LogP contribution in [0, 0.1) is 5.92 Å². The molecule has 2 unspecified atom stereocenters. The fraction of sp³-hybridized carbons (Fsp3) is 1.00. The predicted octanol–water partition coefficient (Wildman–Crippen LogP) is 1.34. The minimum Gasteiger partial charge on any atom is -0.380 e. The molecule has 1 saturated heterocycles. The van der Waals surface area contributed by atoms with E-state index < -0.39 is 0 Å². The first kappa shape index (κ1) is 12.9. The fourth-order valence-electron chi connectivity index (χ4n) is 2.05. The summed E-state index contributed by atoms with van der Waals surface area (Å²) in [5, 5.41) is 3.51. The quantitative estimate of drug-likeness (QED) is 0.722. The first-order valence-corrected chi connectivity index (χ1v) is 6.06. The SMILES string of the molecule is COC1CNC(CN(C)CCC(C)C)C1. The molecule has 90 valence electrons. The monoisotopic (exact) mass is 214 g/mol. The molecular weight excluding hydrogens is 188 g/mol. The molecule has 0 aliphatic carbocycles. The largest absolute Gasteiger partial charge is 0.380 e. The lowest BCUT2D eigenvalue weighted by Crippen LogP contribution is -2.36. The van der Waals surface area contributed by atoms with E-state index in [0.29, 0.717) is 12.1 Å². The molecule has 0 spiro atoms. The van der Waals surface area contributed by atoms with Crippen molar-refractivity contribution in [1.29, 1.82) is 0 Å². The van der Waals surface area contributed by atoms with Gasteiger partial charge >= 0.3 is 0 Å². The normalized spacial score (nSPS) is 26.8. The molecule has 2 atom stereocenters. The summed E-state index contributed by atoms with van der Waals surface area (Å²) in [7, 11) is 4.02. The van der Waals surface area contributed by atoms with Crippen molar-refractivity contribution in [3.05, 3.63) is 0 Å². The van der Waals surface area contributed by atoms with Crippen LogP contribution >= 0.6 is 0 Å². The predicted molar refractivity (Wildman–Crippen MR) is 64.2 cm³/mol. The van der Waals surface area contributed by atoms with Crippen LogP contribution in [0.25, 0.3) is 0 Å². The summed E-state index contributed by atoms with van der Waals surface area (Å²) >= 11 is 0. The topological polar surface area (TPSA) is 24.5 Å². The van der Waals surface area contributed by atoms with Gasteiger partial charge in [0.05, 0.1) is 6.10 Å². The number of hydrogen-bond acceptors (Lipinski definition) is 3. The van der Waals surface area contributed by atoms with Crippen molar-refractivity contribution in [2.75, 3.05) is 33.8 Å². The van der Waals surface area contributed by atoms with E-state index in [2.05, 4.69) is 31.1 Å². The third-order valence-electron chi connectivity index (χ3n) is 3.14. The molecule has 3 heteroatoms. The Morgan fingerprint density at radius 1 is 1.47 bits per heavy atom. The van der Waals surface area contributed by atoms with Crippen LogP contribution in [0.5, 0.6) is 0 Å². The average molecular weight is 214 g/mol. The Morgan fingerprint density at radius 2 is 2.20 bits per heavy atom. The zero-order valence-corrected chi connectivity index (χ0v) is 10.6. The van der Waals surface area contributed by atoms with E-state index in [0.717, 1.165) is 25.4 Å². The van der Waals surface area contributed by atoms with Crippen molar-refractivity contribution in [2.24, 2.45) is 5.92 Å². The van der Waals surface area contributed by atoms with E-state index in [1.165, 1.54) is 13.0 Å². The Balaban J connectivity index is 2.13. The van der Waals surface area contributed by atoms with E-state index in [9.17, 15) is 0 Å². The van der Waals surface area contributed by atoms with Crippen molar-refractivity contribution in [3.8, 4) is 0 Å². The molecule has 0 aromatic rings. The maximum Gasteiger partial charge on any atom is 0.0711 e. The minimum atomic E-state index is 0.425. The Hall–Kier alpha value is -0.120. The standard InChI is InChI=1S/C12H26N2O/c1-10(2)5-6-14(3)9-11-7-12(15-4)8-13-11/h10-13H,5-9H2,1-4H3. The van der Waals surface area contributed by atoms with Crippen molar-refractivity contribution in [2.45, 2.75) is 38.8 Å². The van der Waals surface area contributed by atoms with Gasteiger partial charge in [-0.2, -0.15) is 0 Å². The van der Waals surface area contributed by atoms with Crippen LogP contribution < -0.4 is 5.32 Å². The third-order valence-corrected chi connectivity index (χ3v) is 3.14. The van der Waals surface area contributed by atoms with Crippen LogP contribution in [0.1, 0.15) is 26.7 Å². The number of methoxy groups -OCH3 is 1. The highest BCUT2D eigenvalue weighted by atomic mass is 16.5. The fourth-order valence-corrected chi connectivity index (χ4v) is 2.05. The maximum atomic E-state index is 5.34. The number of hydrogen-bond donors (Lipinski definition) is 1. The van der Waals surface area contributed by atoms with Crippen LogP contribution in [-0.2, 0) is 4.74 Å². The molecule has 0 saturated carbocycles. The van der Waals surface area contributed by atoms with Crippen LogP contribution in [0.4, 0.5) is 0 Å². The number of ether oxygens (including phenoxy) is 1. The van der Waals surface area contributed by atoms with Gasteiger partial charge in [0.25, 0.3) is 0 Å². The summed E-state index contributed by atoms with van der Waals surface area (Å²) in [6.45, 7) is 7.92. The van der Waals surface area contributed by atoms with Crippen LogP contribution in [0.15, 0.2) is 0 Å². The van der Waals surface area contributed by atoms with Gasteiger partial charge in [0.1, 0.15) is 0 Å². The molecule has 1 fully saturated rings. The lowest BCUT2D eigenvalue weighted by molar-refractivity contribution is 0.116. The molecule has 0 bridgehead atoms. The summed E-state index contributed by atoms with van der Waals surface area (Å²) in [6.07, 6.45) is 2.87. The summed E-state index contributed by atoms with van der Waals surface area (Å²) in [5.41, 5.74) is 0. The highest BCUT2D eigenvalue weighted by molar-refractivity contribution is 4.83. The number of nitrogens with zero attached hydrogens (tertiary/aromatic N) is 1. The van der Waals surface area contributed by atoms with Gasteiger partial charge in [-0.15, -0.1) is 0 Å². The number of likely N-dealkylation sites (N-methyl/N-ethyl adjacent to an activating group) is 1. The van der Waals surface area contributed by atoms with Gasteiger partial charge in [-0.3, -0.25) is 0 Å². The van der Waals surface area contributed by atoms with E-state index in [-0.39, 0.29) is 0 Å². The Bertz CT molecular complexity index is 173. The van der Waals surface area contributed by atoms with Crippen molar-refractivity contribution in [1.82, 2.24) is 10.2 Å². The van der Waals surface area contributed by atoms with Gasteiger partial charge in [0, 0.05) is 26.2 Å². The van der Waals surface area contributed by atoms with Crippen LogP contribution in [0.3, 0.4) is 0 Å². The zero-order valence-electron chi connectivity index (χ0n) is 10.6. The molecule has 0 aromatic carbocycles. The average Bonchev–Trinajstić information content (AvgIpc) is 2.62. The van der Waals surface area contributed by atoms with E-state index in [1.54, 1.807) is 7.11 Å².